The second-order valence-electron chi connectivity index (χ2n) is 2.82. The first-order valence-corrected chi connectivity index (χ1v) is 3.86. The monoisotopic (exact) mass is 245 g/mol. The van der Waals surface area contributed by atoms with Gasteiger partial charge in [0.1, 0.15) is 11.8 Å². The van der Waals surface area contributed by atoms with Crippen molar-refractivity contribution in [3.63, 3.8) is 0 Å². The third-order valence-electron chi connectivity index (χ3n) is 1.71. The molecule has 0 aliphatic heterocycles. The number of phenolic OH excluding ortho intramolecular Hbond substituents is 1. The number of carbonyl (C=O) groups is 1. The number of carboxylic acid groups (broad SMARTS) is 1. The van der Waals surface area contributed by atoms with Crippen LogP contribution in [0.25, 0.3) is 0 Å². The Bertz CT molecular complexity index is 299. The van der Waals surface area contributed by atoms with Crippen LogP contribution in [0.3, 0.4) is 0 Å². The summed E-state index contributed by atoms with van der Waals surface area (Å²) in [4.78, 5) is 10.4. The fraction of sp³-hybridized carbons (Fsp3) is 0.222. The molecule has 0 bridgehead atoms. The summed E-state index contributed by atoms with van der Waals surface area (Å²) in [6.07, 6.45) is 0.273. The largest absolute Gasteiger partial charge is 0.508 e. The summed E-state index contributed by atoms with van der Waals surface area (Å²) in [6, 6.07) is 5.42. The average molecular weight is 247 g/mol. The summed E-state index contributed by atoms with van der Waals surface area (Å²) in [6.45, 7) is 0. The van der Waals surface area contributed by atoms with Gasteiger partial charge in [0.2, 0.25) is 0 Å². The van der Waals surface area contributed by atoms with E-state index in [1.807, 2.05) is 0 Å². The minimum atomic E-state index is -1.02. The summed E-state index contributed by atoms with van der Waals surface area (Å²) < 4.78 is 0. The molecule has 1 atom stereocenters. The molecule has 72 valence electrons. The maximum atomic E-state index is 10.4. The molecule has 0 aliphatic rings. The van der Waals surface area contributed by atoms with Crippen molar-refractivity contribution in [2.75, 3.05) is 0 Å². The van der Waals surface area contributed by atoms with Crippen LogP contribution in [-0.2, 0) is 30.7 Å². The maximum absolute atomic E-state index is 10.4. The average Bonchev–Trinajstić information content (AvgIpc) is 2.08. The Morgan fingerprint density at radius 2 is 1.86 bits per heavy atom. The van der Waals surface area contributed by atoms with Gasteiger partial charge in [0.25, 0.3) is 0 Å². The molecule has 14 heavy (non-hydrogen) atoms. The van der Waals surface area contributed by atoms with E-state index >= 15 is 0 Å². The van der Waals surface area contributed by atoms with E-state index in [0.29, 0.717) is 0 Å². The number of carboxylic acids is 1. The topological polar surface area (TPSA) is 83.5 Å². The summed E-state index contributed by atoms with van der Waals surface area (Å²) in [5.74, 6) is -0.860. The molecule has 0 aromatic heterocycles. The van der Waals surface area contributed by atoms with Gasteiger partial charge < -0.3 is 15.9 Å². The molecule has 0 radical (unpaired) electrons. The SMILES string of the molecule is NC(Cc1ccc(O)cc1)C(=O)O.[Zn]. The van der Waals surface area contributed by atoms with E-state index in [9.17, 15) is 4.79 Å². The van der Waals surface area contributed by atoms with Crippen LogP contribution in [0.1, 0.15) is 5.56 Å². The summed E-state index contributed by atoms with van der Waals surface area (Å²) >= 11 is 0. The molecule has 0 amide bonds. The number of hydrogen-bond donors (Lipinski definition) is 3. The second-order valence-corrected chi connectivity index (χ2v) is 2.82. The van der Waals surface area contributed by atoms with Crippen LogP contribution in [-0.4, -0.2) is 22.2 Å². The zero-order valence-electron chi connectivity index (χ0n) is 7.68. The van der Waals surface area contributed by atoms with Crippen molar-refractivity contribution >= 4 is 5.97 Å². The van der Waals surface area contributed by atoms with Gasteiger partial charge in [-0.3, -0.25) is 4.79 Å². The fourth-order valence-electron chi connectivity index (χ4n) is 0.973. The van der Waals surface area contributed by atoms with Gasteiger partial charge in [-0.2, -0.15) is 0 Å². The number of hydrogen-bond acceptors (Lipinski definition) is 3. The van der Waals surface area contributed by atoms with E-state index < -0.39 is 12.0 Å². The van der Waals surface area contributed by atoms with Crippen molar-refractivity contribution in [2.45, 2.75) is 12.5 Å². The zero-order chi connectivity index (χ0) is 9.84. The Balaban J connectivity index is 0.00000169. The first-order chi connectivity index (χ1) is 6.09. The van der Waals surface area contributed by atoms with Crippen molar-refractivity contribution < 1.29 is 34.5 Å². The molecule has 1 aromatic carbocycles. The van der Waals surface area contributed by atoms with Crippen LogP contribution in [0.4, 0.5) is 0 Å². The van der Waals surface area contributed by atoms with Crippen molar-refractivity contribution in [2.24, 2.45) is 5.73 Å². The van der Waals surface area contributed by atoms with Gasteiger partial charge in [0.05, 0.1) is 0 Å². The molecule has 1 unspecified atom stereocenters. The normalized spacial score (nSPS) is 11.5. The number of aromatic hydroxyl groups is 1. The molecule has 1 rings (SSSR count). The van der Waals surface area contributed by atoms with Crippen LogP contribution in [0, 0.1) is 0 Å². The van der Waals surface area contributed by atoms with Crippen LogP contribution < -0.4 is 5.73 Å². The number of nitrogens with two attached hydrogens (primary N) is 1. The second kappa shape index (κ2) is 5.73. The number of benzene rings is 1. The van der Waals surface area contributed by atoms with Gasteiger partial charge in [-0.1, -0.05) is 12.1 Å². The third-order valence-corrected chi connectivity index (χ3v) is 1.71. The molecule has 1 aromatic rings. The molecule has 4 nitrogen and oxygen atoms in total. The van der Waals surface area contributed by atoms with Crippen molar-refractivity contribution in [1.29, 1.82) is 0 Å². The molecule has 0 spiro atoms. The van der Waals surface area contributed by atoms with E-state index in [4.69, 9.17) is 15.9 Å². The fourth-order valence-corrected chi connectivity index (χ4v) is 0.973. The summed E-state index contributed by atoms with van der Waals surface area (Å²) in [5, 5.41) is 17.5. The van der Waals surface area contributed by atoms with Gasteiger partial charge in [0, 0.05) is 19.5 Å². The van der Waals surface area contributed by atoms with Gasteiger partial charge in [0.15, 0.2) is 0 Å². The Morgan fingerprint density at radius 3 is 2.29 bits per heavy atom. The summed E-state index contributed by atoms with van der Waals surface area (Å²) in [7, 11) is 0. The zero-order valence-corrected chi connectivity index (χ0v) is 10.6. The molecule has 0 fully saturated rings. The molecule has 0 heterocycles. The molecule has 5 heteroatoms. The van der Waals surface area contributed by atoms with E-state index in [0.717, 1.165) is 5.56 Å². The molecule has 0 saturated carbocycles. The van der Waals surface area contributed by atoms with Crippen LogP contribution in [0.2, 0.25) is 0 Å². The molecule has 0 saturated heterocycles. The number of phenols is 1. The Hall–Kier alpha value is -0.927. The predicted molar refractivity (Wildman–Crippen MR) is 47.4 cm³/mol. The van der Waals surface area contributed by atoms with Crippen LogP contribution in [0.5, 0.6) is 5.75 Å². The predicted octanol–water partition coefficient (Wildman–Crippen LogP) is 0.344. The minimum absolute atomic E-state index is 0. The third kappa shape index (κ3) is 3.85. The van der Waals surface area contributed by atoms with Crippen molar-refractivity contribution in [1.82, 2.24) is 0 Å². The van der Waals surface area contributed by atoms with E-state index in [-0.39, 0.29) is 31.6 Å². The molecular weight excluding hydrogens is 235 g/mol. The quantitative estimate of drug-likeness (QED) is 0.672. The summed E-state index contributed by atoms with van der Waals surface area (Å²) in [5.41, 5.74) is 6.12. The smallest absolute Gasteiger partial charge is 0.320 e. The van der Waals surface area contributed by atoms with Crippen molar-refractivity contribution in [3.8, 4) is 5.75 Å². The van der Waals surface area contributed by atoms with Gasteiger partial charge >= 0.3 is 5.97 Å². The van der Waals surface area contributed by atoms with E-state index in [1.165, 1.54) is 12.1 Å². The van der Waals surface area contributed by atoms with E-state index in [2.05, 4.69) is 0 Å². The van der Waals surface area contributed by atoms with Gasteiger partial charge in [-0.25, -0.2) is 0 Å². The minimum Gasteiger partial charge on any atom is -0.508 e. The Labute approximate surface area is 94.5 Å². The molecule has 4 N–H and O–H groups in total. The van der Waals surface area contributed by atoms with Gasteiger partial charge in [-0.05, 0) is 24.1 Å². The van der Waals surface area contributed by atoms with Crippen LogP contribution >= 0.6 is 0 Å². The molecular formula is C9H11NO3Zn. The van der Waals surface area contributed by atoms with Gasteiger partial charge in [-0.15, -0.1) is 0 Å². The Morgan fingerprint density at radius 1 is 1.36 bits per heavy atom. The molecule has 0 aliphatic carbocycles. The first kappa shape index (κ1) is 13.1. The maximum Gasteiger partial charge on any atom is 0.320 e. The van der Waals surface area contributed by atoms with E-state index in [1.54, 1.807) is 12.1 Å². The number of aliphatic carboxylic acids is 1. The first-order valence-electron chi connectivity index (χ1n) is 3.86. The Kier molecular flexibility index (Phi) is 5.35. The number of rotatable bonds is 3. The van der Waals surface area contributed by atoms with Crippen LogP contribution in [0.15, 0.2) is 24.3 Å². The standard InChI is InChI=1S/C9H11NO3.Zn/c10-8(9(12)13)5-6-1-3-7(11)4-2-6;/h1-4,8,11H,5,10H2,(H,12,13);. The van der Waals surface area contributed by atoms with Crippen molar-refractivity contribution in [3.05, 3.63) is 29.8 Å².